The topological polar surface area (TPSA) is 0 Å². The summed E-state index contributed by atoms with van der Waals surface area (Å²) < 4.78 is 1.09. The fourth-order valence-electron chi connectivity index (χ4n) is 3.23. The van der Waals surface area contributed by atoms with E-state index in [1.165, 1.54) is 33.4 Å². The van der Waals surface area contributed by atoms with Crippen molar-refractivity contribution in [3.8, 4) is 0 Å². The van der Waals surface area contributed by atoms with Crippen molar-refractivity contribution in [3.63, 3.8) is 0 Å². The molecule has 0 radical (unpaired) electrons. The van der Waals surface area contributed by atoms with Crippen LogP contribution in [0, 0.1) is 0 Å². The van der Waals surface area contributed by atoms with Gasteiger partial charge in [-0.15, -0.1) is 0 Å². The van der Waals surface area contributed by atoms with Crippen LogP contribution >= 0.6 is 15.9 Å². The standard InChI is InChI=1S/C22H15Br/c1-15-19-13-12-18(23)14-20(19)22(17-10-6-3-7-11-17)21(15)16-8-4-2-5-9-16/h2-14H,1H2. The minimum absolute atomic E-state index is 1.09. The molecule has 0 atom stereocenters. The van der Waals surface area contributed by atoms with Gasteiger partial charge in [-0.1, -0.05) is 89.2 Å². The van der Waals surface area contributed by atoms with Crippen molar-refractivity contribution in [2.24, 2.45) is 0 Å². The first-order valence-electron chi connectivity index (χ1n) is 7.60. The second-order valence-corrected chi connectivity index (χ2v) is 6.57. The van der Waals surface area contributed by atoms with Crippen molar-refractivity contribution in [1.82, 2.24) is 0 Å². The molecule has 0 N–H and O–H groups in total. The van der Waals surface area contributed by atoms with E-state index >= 15 is 0 Å². The van der Waals surface area contributed by atoms with Crippen LogP contribution in [0.15, 0.2) is 89.9 Å². The van der Waals surface area contributed by atoms with Gasteiger partial charge in [-0.2, -0.15) is 0 Å². The first-order valence-corrected chi connectivity index (χ1v) is 8.39. The molecule has 0 amide bonds. The number of benzene rings is 3. The van der Waals surface area contributed by atoms with Gasteiger partial charge in [0.1, 0.15) is 0 Å². The first kappa shape index (κ1) is 14.2. The van der Waals surface area contributed by atoms with Crippen LogP contribution in [-0.2, 0) is 0 Å². The number of allylic oxidation sites excluding steroid dienone is 2. The van der Waals surface area contributed by atoms with Crippen molar-refractivity contribution < 1.29 is 0 Å². The van der Waals surface area contributed by atoms with E-state index in [0.29, 0.717) is 0 Å². The van der Waals surface area contributed by atoms with Crippen LogP contribution in [0.25, 0.3) is 16.7 Å². The molecule has 3 aromatic carbocycles. The molecule has 0 heterocycles. The van der Waals surface area contributed by atoms with Gasteiger partial charge in [-0.05, 0) is 51.1 Å². The zero-order valence-corrected chi connectivity index (χ0v) is 14.2. The summed E-state index contributed by atoms with van der Waals surface area (Å²) in [5, 5.41) is 0. The number of halogens is 1. The maximum Gasteiger partial charge on any atom is 0.0181 e. The van der Waals surface area contributed by atoms with Crippen LogP contribution in [0.1, 0.15) is 22.3 Å². The molecule has 110 valence electrons. The van der Waals surface area contributed by atoms with Crippen molar-refractivity contribution >= 4 is 32.6 Å². The largest absolute Gasteiger partial charge is 0.0905 e. The predicted octanol–water partition coefficient (Wildman–Crippen LogP) is 6.44. The summed E-state index contributed by atoms with van der Waals surface area (Å²) in [4.78, 5) is 0. The second kappa shape index (κ2) is 5.68. The highest BCUT2D eigenvalue weighted by Gasteiger charge is 2.27. The van der Waals surface area contributed by atoms with Gasteiger partial charge in [0.15, 0.2) is 0 Å². The van der Waals surface area contributed by atoms with E-state index in [0.717, 1.165) is 10.0 Å². The molecule has 3 aromatic rings. The zero-order chi connectivity index (χ0) is 15.8. The van der Waals surface area contributed by atoms with Crippen LogP contribution < -0.4 is 0 Å². The smallest absolute Gasteiger partial charge is 0.0181 e. The number of hydrogen-bond acceptors (Lipinski definition) is 0. The lowest BCUT2D eigenvalue weighted by Crippen LogP contribution is -1.88. The molecular weight excluding hydrogens is 344 g/mol. The van der Waals surface area contributed by atoms with Gasteiger partial charge in [0, 0.05) is 4.47 Å². The van der Waals surface area contributed by atoms with Crippen LogP contribution in [0.4, 0.5) is 0 Å². The highest BCUT2D eigenvalue weighted by Crippen LogP contribution is 2.48. The molecule has 0 saturated carbocycles. The van der Waals surface area contributed by atoms with Gasteiger partial charge in [-0.3, -0.25) is 0 Å². The van der Waals surface area contributed by atoms with Gasteiger partial charge in [-0.25, -0.2) is 0 Å². The Morgan fingerprint density at radius 2 is 1.17 bits per heavy atom. The third-order valence-corrected chi connectivity index (χ3v) is 4.75. The molecular formula is C22H15Br. The minimum Gasteiger partial charge on any atom is -0.0905 e. The fraction of sp³-hybridized carbons (Fsp3) is 0. The predicted molar refractivity (Wildman–Crippen MR) is 102 cm³/mol. The number of hydrogen-bond donors (Lipinski definition) is 0. The van der Waals surface area contributed by atoms with Crippen LogP contribution in [-0.4, -0.2) is 0 Å². The molecule has 23 heavy (non-hydrogen) atoms. The summed E-state index contributed by atoms with van der Waals surface area (Å²) in [6.45, 7) is 4.39. The van der Waals surface area contributed by atoms with Gasteiger partial charge in [0.05, 0.1) is 0 Å². The second-order valence-electron chi connectivity index (χ2n) is 5.65. The lowest BCUT2D eigenvalue weighted by Gasteiger charge is -2.10. The Bertz CT molecular complexity index is 919. The van der Waals surface area contributed by atoms with E-state index in [1.807, 2.05) is 6.07 Å². The average Bonchev–Trinajstić information content (AvgIpc) is 2.88. The van der Waals surface area contributed by atoms with E-state index in [9.17, 15) is 0 Å². The van der Waals surface area contributed by atoms with E-state index in [4.69, 9.17) is 0 Å². The molecule has 0 aliphatic heterocycles. The highest BCUT2D eigenvalue weighted by atomic mass is 79.9. The molecule has 0 unspecified atom stereocenters. The Morgan fingerprint density at radius 1 is 0.609 bits per heavy atom. The molecule has 1 aliphatic rings. The maximum absolute atomic E-state index is 4.39. The van der Waals surface area contributed by atoms with Crippen LogP contribution in [0.5, 0.6) is 0 Å². The SMILES string of the molecule is C=C1C(c2ccccc2)=C(c2ccccc2)c2cc(Br)ccc21. The van der Waals surface area contributed by atoms with Crippen molar-refractivity contribution in [2.75, 3.05) is 0 Å². The molecule has 0 saturated heterocycles. The number of fused-ring (bicyclic) bond motifs is 1. The van der Waals surface area contributed by atoms with Gasteiger partial charge in [0.2, 0.25) is 0 Å². The van der Waals surface area contributed by atoms with Gasteiger partial charge < -0.3 is 0 Å². The quantitative estimate of drug-likeness (QED) is 0.494. The third-order valence-electron chi connectivity index (χ3n) is 4.25. The molecule has 0 spiro atoms. The van der Waals surface area contributed by atoms with Crippen molar-refractivity contribution in [1.29, 1.82) is 0 Å². The van der Waals surface area contributed by atoms with Gasteiger partial charge in [0.25, 0.3) is 0 Å². The van der Waals surface area contributed by atoms with Crippen LogP contribution in [0.3, 0.4) is 0 Å². The summed E-state index contributed by atoms with van der Waals surface area (Å²) in [6, 6.07) is 27.5. The lowest BCUT2D eigenvalue weighted by atomic mass is 9.93. The Hall–Kier alpha value is -2.38. The van der Waals surface area contributed by atoms with E-state index in [1.54, 1.807) is 0 Å². The van der Waals surface area contributed by atoms with Crippen molar-refractivity contribution in [2.45, 2.75) is 0 Å². The maximum atomic E-state index is 4.39. The molecule has 1 heteroatoms. The molecule has 4 rings (SSSR count). The molecule has 0 aromatic heterocycles. The van der Waals surface area contributed by atoms with Gasteiger partial charge >= 0.3 is 0 Å². The summed E-state index contributed by atoms with van der Waals surface area (Å²) in [5.41, 5.74) is 8.48. The summed E-state index contributed by atoms with van der Waals surface area (Å²) in [7, 11) is 0. The average molecular weight is 359 g/mol. The zero-order valence-electron chi connectivity index (χ0n) is 12.6. The normalized spacial score (nSPS) is 13.3. The van der Waals surface area contributed by atoms with Crippen LogP contribution in [0.2, 0.25) is 0 Å². The summed E-state index contributed by atoms with van der Waals surface area (Å²) in [5.74, 6) is 0. The fourth-order valence-corrected chi connectivity index (χ4v) is 3.60. The summed E-state index contributed by atoms with van der Waals surface area (Å²) >= 11 is 3.61. The number of rotatable bonds is 2. The first-order chi connectivity index (χ1) is 11.3. The Labute approximate surface area is 144 Å². The molecule has 0 bridgehead atoms. The third kappa shape index (κ3) is 2.38. The monoisotopic (exact) mass is 358 g/mol. The van der Waals surface area contributed by atoms with Crippen molar-refractivity contribution in [3.05, 3.63) is 112 Å². The Kier molecular flexibility index (Phi) is 3.51. The summed E-state index contributed by atoms with van der Waals surface area (Å²) in [6.07, 6.45) is 0. The Balaban J connectivity index is 2.06. The molecule has 0 fully saturated rings. The van der Waals surface area contributed by atoms with E-state index in [2.05, 4.69) is 95.3 Å². The van der Waals surface area contributed by atoms with E-state index < -0.39 is 0 Å². The molecule has 0 nitrogen and oxygen atoms in total. The minimum atomic E-state index is 1.09. The lowest BCUT2D eigenvalue weighted by molar-refractivity contribution is 1.53. The molecule has 1 aliphatic carbocycles. The highest BCUT2D eigenvalue weighted by molar-refractivity contribution is 9.10. The Morgan fingerprint density at radius 3 is 1.78 bits per heavy atom. The van der Waals surface area contributed by atoms with E-state index in [-0.39, 0.29) is 0 Å².